The second-order valence-corrected chi connectivity index (χ2v) is 4.59. The SMILES string of the molecule is C[C@H](OC[C@H]1CCCNC1)C1CC1. The topological polar surface area (TPSA) is 21.3 Å². The van der Waals surface area contributed by atoms with Crippen LogP contribution in [-0.2, 0) is 4.74 Å². The summed E-state index contributed by atoms with van der Waals surface area (Å²) in [6.45, 7) is 5.57. The Balaban J connectivity index is 1.60. The molecule has 2 heteroatoms. The van der Waals surface area contributed by atoms with Crippen LogP contribution in [0.3, 0.4) is 0 Å². The van der Waals surface area contributed by atoms with Gasteiger partial charge in [-0.3, -0.25) is 0 Å². The van der Waals surface area contributed by atoms with Gasteiger partial charge in [0, 0.05) is 6.54 Å². The molecule has 0 amide bonds. The van der Waals surface area contributed by atoms with Crippen molar-refractivity contribution in [3.8, 4) is 0 Å². The van der Waals surface area contributed by atoms with Crippen molar-refractivity contribution in [2.75, 3.05) is 19.7 Å². The molecule has 1 N–H and O–H groups in total. The van der Waals surface area contributed by atoms with Gasteiger partial charge in [0.05, 0.1) is 12.7 Å². The van der Waals surface area contributed by atoms with Gasteiger partial charge < -0.3 is 10.1 Å². The lowest BCUT2D eigenvalue weighted by molar-refractivity contribution is 0.0222. The third kappa shape index (κ3) is 2.96. The fourth-order valence-electron chi connectivity index (χ4n) is 2.06. The zero-order chi connectivity index (χ0) is 9.10. The van der Waals surface area contributed by atoms with E-state index in [9.17, 15) is 0 Å². The van der Waals surface area contributed by atoms with Crippen LogP contribution in [0.25, 0.3) is 0 Å². The van der Waals surface area contributed by atoms with Crippen LogP contribution in [0.2, 0.25) is 0 Å². The highest BCUT2D eigenvalue weighted by atomic mass is 16.5. The first-order valence-electron chi connectivity index (χ1n) is 5.68. The summed E-state index contributed by atoms with van der Waals surface area (Å²) in [5.41, 5.74) is 0. The summed E-state index contributed by atoms with van der Waals surface area (Å²) in [6.07, 6.45) is 5.98. The van der Waals surface area contributed by atoms with Crippen molar-refractivity contribution in [3.63, 3.8) is 0 Å². The Morgan fingerprint density at radius 2 is 2.23 bits per heavy atom. The molecule has 2 nitrogen and oxygen atoms in total. The van der Waals surface area contributed by atoms with Crippen molar-refractivity contribution in [2.45, 2.75) is 38.7 Å². The third-order valence-corrected chi connectivity index (χ3v) is 3.28. The number of rotatable bonds is 4. The summed E-state index contributed by atoms with van der Waals surface area (Å²) in [5.74, 6) is 1.66. The van der Waals surface area contributed by atoms with Crippen LogP contribution < -0.4 is 5.32 Å². The van der Waals surface area contributed by atoms with E-state index in [4.69, 9.17) is 4.74 Å². The van der Waals surface area contributed by atoms with Gasteiger partial charge in [0.25, 0.3) is 0 Å². The zero-order valence-electron chi connectivity index (χ0n) is 8.59. The van der Waals surface area contributed by atoms with Crippen molar-refractivity contribution in [1.82, 2.24) is 5.32 Å². The van der Waals surface area contributed by atoms with Gasteiger partial charge in [-0.05, 0) is 51.0 Å². The summed E-state index contributed by atoms with van der Waals surface area (Å²) in [6, 6.07) is 0. The first-order chi connectivity index (χ1) is 6.36. The Hall–Kier alpha value is -0.0800. The summed E-state index contributed by atoms with van der Waals surface area (Å²) in [7, 11) is 0. The van der Waals surface area contributed by atoms with Crippen molar-refractivity contribution >= 4 is 0 Å². The van der Waals surface area contributed by atoms with Crippen LogP contribution in [0.15, 0.2) is 0 Å². The van der Waals surface area contributed by atoms with Gasteiger partial charge in [-0.15, -0.1) is 0 Å². The molecule has 0 spiro atoms. The maximum absolute atomic E-state index is 5.87. The third-order valence-electron chi connectivity index (χ3n) is 3.28. The number of ether oxygens (including phenoxy) is 1. The lowest BCUT2D eigenvalue weighted by Crippen LogP contribution is -2.33. The minimum Gasteiger partial charge on any atom is -0.378 e. The van der Waals surface area contributed by atoms with E-state index in [1.807, 2.05) is 0 Å². The minimum absolute atomic E-state index is 0.516. The normalized spacial score (nSPS) is 31.6. The predicted octanol–water partition coefficient (Wildman–Crippen LogP) is 1.80. The molecule has 1 aliphatic carbocycles. The highest BCUT2D eigenvalue weighted by Gasteiger charge is 2.29. The minimum atomic E-state index is 0.516. The van der Waals surface area contributed by atoms with E-state index >= 15 is 0 Å². The molecule has 2 fully saturated rings. The van der Waals surface area contributed by atoms with Crippen LogP contribution in [0.1, 0.15) is 32.6 Å². The van der Waals surface area contributed by atoms with E-state index in [2.05, 4.69) is 12.2 Å². The van der Waals surface area contributed by atoms with E-state index in [0.29, 0.717) is 6.10 Å². The maximum atomic E-state index is 5.87. The molecule has 2 atom stereocenters. The van der Waals surface area contributed by atoms with E-state index in [1.54, 1.807) is 0 Å². The van der Waals surface area contributed by atoms with E-state index in [1.165, 1.54) is 32.2 Å². The largest absolute Gasteiger partial charge is 0.378 e. The Kier molecular flexibility index (Phi) is 3.23. The Bertz CT molecular complexity index is 150. The molecule has 0 bridgehead atoms. The second kappa shape index (κ2) is 4.43. The molecule has 13 heavy (non-hydrogen) atoms. The molecule has 0 radical (unpaired) electrons. The molecular weight excluding hydrogens is 162 g/mol. The monoisotopic (exact) mass is 183 g/mol. The van der Waals surface area contributed by atoms with Crippen LogP contribution in [-0.4, -0.2) is 25.8 Å². The average Bonchev–Trinajstić information content (AvgIpc) is 2.99. The molecule has 0 aromatic heterocycles. The molecular formula is C11H21NO. The quantitative estimate of drug-likeness (QED) is 0.717. The van der Waals surface area contributed by atoms with Crippen LogP contribution >= 0.6 is 0 Å². The number of nitrogens with one attached hydrogen (secondary N) is 1. The number of piperidine rings is 1. The second-order valence-electron chi connectivity index (χ2n) is 4.59. The first kappa shape index (κ1) is 9.47. The molecule has 1 saturated heterocycles. The van der Waals surface area contributed by atoms with Crippen LogP contribution in [0.4, 0.5) is 0 Å². The zero-order valence-corrected chi connectivity index (χ0v) is 8.59. The molecule has 1 saturated carbocycles. The molecule has 0 unspecified atom stereocenters. The predicted molar refractivity (Wildman–Crippen MR) is 53.7 cm³/mol. The van der Waals surface area contributed by atoms with Crippen molar-refractivity contribution in [1.29, 1.82) is 0 Å². The molecule has 1 heterocycles. The highest BCUT2D eigenvalue weighted by molar-refractivity contribution is 4.79. The van der Waals surface area contributed by atoms with Gasteiger partial charge in [-0.2, -0.15) is 0 Å². The van der Waals surface area contributed by atoms with Gasteiger partial charge in [-0.25, -0.2) is 0 Å². The summed E-state index contributed by atoms with van der Waals surface area (Å²) < 4.78 is 5.87. The van der Waals surface area contributed by atoms with Crippen molar-refractivity contribution < 1.29 is 4.74 Å². The molecule has 76 valence electrons. The Labute approximate surface area is 81.0 Å². The Morgan fingerprint density at radius 3 is 2.85 bits per heavy atom. The van der Waals surface area contributed by atoms with Gasteiger partial charge in [0.2, 0.25) is 0 Å². The molecule has 0 aromatic carbocycles. The molecule has 2 rings (SSSR count). The number of hydrogen-bond acceptors (Lipinski definition) is 2. The van der Waals surface area contributed by atoms with Gasteiger partial charge in [0.1, 0.15) is 0 Å². The summed E-state index contributed by atoms with van der Waals surface area (Å²) in [5, 5.41) is 3.42. The summed E-state index contributed by atoms with van der Waals surface area (Å²) >= 11 is 0. The maximum Gasteiger partial charge on any atom is 0.0575 e. The molecule has 1 aliphatic heterocycles. The molecule has 0 aromatic rings. The van der Waals surface area contributed by atoms with Gasteiger partial charge in [-0.1, -0.05) is 0 Å². The van der Waals surface area contributed by atoms with Crippen LogP contribution in [0.5, 0.6) is 0 Å². The van der Waals surface area contributed by atoms with Crippen LogP contribution in [0, 0.1) is 11.8 Å². The van der Waals surface area contributed by atoms with E-state index in [-0.39, 0.29) is 0 Å². The first-order valence-corrected chi connectivity index (χ1v) is 5.68. The summed E-state index contributed by atoms with van der Waals surface area (Å²) in [4.78, 5) is 0. The Morgan fingerprint density at radius 1 is 1.38 bits per heavy atom. The fourth-order valence-corrected chi connectivity index (χ4v) is 2.06. The highest BCUT2D eigenvalue weighted by Crippen LogP contribution is 2.34. The lowest BCUT2D eigenvalue weighted by Gasteiger charge is -2.24. The van der Waals surface area contributed by atoms with Crippen molar-refractivity contribution in [2.24, 2.45) is 11.8 Å². The average molecular weight is 183 g/mol. The molecule has 2 aliphatic rings. The van der Waals surface area contributed by atoms with Gasteiger partial charge >= 0.3 is 0 Å². The van der Waals surface area contributed by atoms with Crippen molar-refractivity contribution in [3.05, 3.63) is 0 Å². The fraction of sp³-hybridized carbons (Fsp3) is 1.00. The van der Waals surface area contributed by atoms with E-state index in [0.717, 1.165) is 25.0 Å². The van der Waals surface area contributed by atoms with Gasteiger partial charge in [0.15, 0.2) is 0 Å². The lowest BCUT2D eigenvalue weighted by atomic mass is 10.0. The number of hydrogen-bond donors (Lipinski definition) is 1. The smallest absolute Gasteiger partial charge is 0.0575 e. The van der Waals surface area contributed by atoms with E-state index < -0.39 is 0 Å². The standard InChI is InChI=1S/C11H21NO/c1-9(11-4-5-11)13-8-10-3-2-6-12-7-10/h9-12H,2-8H2,1H3/t9-,10-/m0/s1.